The van der Waals surface area contributed by atoms with E-state index in [0.29, 0.717) is 5.69 Å². The molecular formula is C25H19ClN4O7S. The maximum Gasteiger partial charge on any atom is 0.346 e. The van der Waals surface area contributed by atoms with Crippen molar-refractivity contribution in [2.24, 2.45) is 0 Å². The third-order valence-electron chi connectivity index (χ3n) is 5.26. The molecule has 11 nitrogen and oxygen atoms in total. The number of esters is 1. The Kier molecular flexibility index (Phi) is 7.55. The van der Waals surface area contributed by atoms with Crippen molar-refractivity contribution in [3.8, 4) is 0 Å². The Morgan fingerprint density at radius 3 is 2.61 bits per heavy atom. The zero-order valence-electron chi connectivity index (χ0n) is 19.5. The number of rotatable bonds is 8. The number of halogens is 1. The van der Waals surface area contributed by atoms with Gasteiger partial charge in [-0.3, -0.25) is 19.1 Å². The fraction of sp³-hybridized carbons (Fsp3) is 0.0800. The predicted molar refractivity (Wildman–Crippen MR) is 140 cm³/mol. The van der Waals surface area contributed by atoms with Crippen LogP contribution in [0.1, 0.15) is 10.4 Å². The van der Waals surface area contributed by atoms with Gasteiger partial charge in [0.05, 0.1) is 33.2 Å². The predicted octanol–water partition coefficient (Wildman–Crippen LogP) is 2.43. The molecular weight excluding hydrogens is 536 g/mol. The van der Waals surface area contributed by atoms with E-state index in [4.69, 9.17) is 16.3 Å². The Hall–Kier alpha value is -4.55. The van der Waals surface area contributed by atoms with E-state index in [1.54, 1.807) is 12.1 Å². The van der Waals surface area contributed by atoms with Gasteiger partial charge in [0, 0.05) is 11.2 Å². The lowest BCUT2D eigenvalue weighted by Gasteiger charge is -2.15. The molecule has 1 amide bonds. The van der Waals surface area contributed by atoms with Gasteiger partial charge in [-0.2, -0.15) is 0 Å². The molecule has 0 atom stereocenters. The van der Waals surface area contributed by atoms with E-state index in [1.807, 2.05) is 0 Å². The molecule has 0 saturated carbocycles. The highest BCUT2D eigenvalue weighted by Crippen LogP contribution is 2.19. The van der Waals surface area contributed by atoms with Crippen LogP contribution in [-0.2, 0) is 26.1 Å². The van der Waals surface area contributed by atoms with Gasteiger partial charge in [0.15, 0.2) is 0 Å². The summed E-state index contributed by atoms with van der Waals surface area (Å²) in [5, 5.41) is 2.53. The van der Waals surface area contributed by atoms with Crippen LogP contribution in [0.25, 0.3) is 10.9 Å². The van der Waals surface area contributed by atoms with Crippen LogP contribution in [0.5, 0.6) is 0 Å². The minimum absolute atomic E-state index is 0.0398. The van der Waals surface area contributed by atoms with Gasteiger partial charge in [0.25, 0.3) is 15.6 Å². The van der Waals surface area contributed by atoms with Crippen molar-refractivity contribution in [3.05, 3.63) is 111 Å². The number of carbonyl (C=O) groups excluding carboxylic acids is 2. The Labute approximate surface area is 220 Å². The van der Waals surface area contributed by atoms with Crippen LogP contribution in [0.3, 0.4) is 0 Å². The third-order valence-corrected chi connectivity index (χ3v) is 7.14. The maximum atomic E-state index is 13.6. The molecule has 194 valence electrons. The molecule has 2 heterocycles. The largest absolute Gasteiger partial charge is 0.458 e. The van der Waals surface area contributed by atoms with Crippen LogP contribution in [0, 0.1) is 0 Å². The fourth-order valence-corrected chi connectivity index (χ4v) is 5.09. The fourth-order valence-electron chi connectivity index (χ4n) is 3.57. The second-order valence-electron chi connectivity index (χ2n) is 7.81. The minimum atomic E-state index is -4.83. The number of aromatic nitrogens is 3. The van der Waals surface area contributed by atoms with Crippen molar-refractivity contribution >= 4 is 50.1 Å². The Bertz CT molecular complexity index is 1800. The molecule has 13 heteroatoms. The van der Waals surface area contributed by atoms with Crippen molar-refractivity contribution in [1.82, 2.24) is 13.5 Å². The molecule has 0 aliphatic rings. The zero-order valence-corrected chi connectivity index (χ0v) is 21.1. The van der Waals surface area contributed by atoms with Crippen molar-refractivity contribution in [3.63, 3.8) is 0 Å². The van der Waals surface area contributed by atoms with Crippen LogP contribution in [0.2, 0.25) is 5.02 Å². The van der Waals surface area contributed by atoms with Crippen LogP contribution in [-0.4, -0.2) is 40.4 Å². The van der Waals surface area contributed by atoms with E-state index in [0.717, 1.165) is 16.7 Å². The van der Waals surface area contributed by atoms with Gasteiger partial charge in [-0.05, 0) is 48.5 Å². The van der Waals surface area contributed by atoms with E-state index in [2.05, 4.69) is 16.9 Å². The van der Waals surface area contributed by atoms with E-state index in [9.17, 15) is 27.6 Å². The molecule has 0 fully saturated rings. The standard InChI is InChI=1S/C25H19ClN4O7S/c1-2-11-37-24(33)16-5-3-7-19(12-16)38(35,36)30-23(32)20-9-8-17(26)13-21(20)29(25(30)34)15-22(31)28-18-6-4-10-27-14-18/h2-10,12-14H,1,11,15H2,(H,28,31). The first kappa shape index (κ1) is 26.5. The quantitative estimate of drug-likeness (QED) is 0.258. The lowest BCUT2D eigenvalue weighted by molar-refractivity contribution is -0.116. The number of nitrogens with one attached hydrogen (secondary N) is 1. The van der Waals surface area contributed by atoms with E-state index in [1.165, 1.54) is 48.8 Å². The van der Waals surface area contributed by atoms with Gasteiger partial charge in [-0.25, -0.2) is 18.0 Å². The number of benzene rings is 2. The van der Waals surface area contributed by atoms with E-state index < -0.39 is 44.6 Å². The molecule has 0 saturated heterocycles. The first-order valence-electron chi connectivity index (χ1n) is 10.9. The van der Waals surface area contributed by atoms with Crippen molar-refractivity contribution < 1.29 is 22.7 Å². The average Bonchev–Trinajstić information content (AvgIpc) is 2.90. The van der Waals surface area contributed by atoms with Gasteiger partial charge >= 0.3 is 11.7 Å². The molecule has 0 spiro atoms. The van der Waals surface area contributed by atoms with Gasteiger partial charge < -0.3 is 10.1 Å². The summed E-state index contributed by atoms with van der Waals surface area (Å²) >= 11 is 6.07. The maximum absolute atomic E-state index is 13.6. The number of pyridine rings is 1. The first-order valence-corrected chi connectivity index (χ1v) is 12.7. The van der Waals surface area contributed by atoms with Crippen LogP contribution in [0.4, 0.5) is 5.69 Å². The Morgan fingerprint density at radius 2 is 1.89 bits per heavy atom. The second kappa shape index (κ2) is 10.8. The second-order valence-corrected chi connectivity index (χ2v) is 10.0. The molecule has 4 aromatic rings. The normalized spacial score (nSPS) is 11.2. The minimum Gasteiger partial charge on any atom is -0.458 e. The lowest BCUT2D eigenvalue weighted by atomic mass is 10.2. The summed E-state index contributed by atoms with van der Waals surface area (Å²) in [7, 11) is -4.83. The van der Waals surface area contributed by atoms with Gasteiger partial charge in [0.1, 0.15) is 13.2 Å². The molecule has 0 unspecified atom stereocenters. The number of amides is 1. The molecule has 2 aromatic heterocycles. The van der Waals surface area contributed by atoms with E-state index >= 15 is 0 Å². The third kappa shape index (κ3) is 5.26. The van der Waals surface area contributed by atoms with Gasteiger partial charge in [-0.1, -0.05) is 30.3 Å². The molecule has 0 bridgehead atoms. The van der Waals surface area contributed by atoms with Crippen LogP contribution >= 0.6 is 11.6 Å². The Balaban J connectivity index is 1.87. The monoisotopic (exact) mass is 554 g/mol. The first-order chi connectivity index (χ1) is 18.1. The highest BCUT2D eigenvalue weighted by Gasteiger charge is 2.27. The molecule has 1 N–H and O–H groups in total. The summed E-state index contributed by atoms with van der Waals surface area (Å²) in [6, 6.07) is 11.7. The molecule has 38 heavy (non-hydrogen) atoms. The lowest BCUT2D eigenvalue weighted by Crippen LogP contribution is -2.45. The molecule has 0 aliphatic heterocycles. The molecule has 2 aromatic carbocycles. The van der Waals surface area contributed by atoms with Crippen molar-refractivity contribution in [2.75, 3.05) is 11.9 Å². The van der Waals surface area contributed by atoms with Crippen LogP contribution in [0.15, 0.2) is 94.1 Å². The highest BCUT2D eigenvalue weighted by molar-refractivity contribution is 7.90. The summed E-state index contributed by atoms with van der Waals surface area (Å²) in [4.78, 5) is 55.1. The number of anilines is 1. The SMILES string of the molecule is C=CCOC(=O)c1cccc(S(=O)(=O)n2c(=O)c3ccc(Cl)cc3n(CC(=O)Nc3cccnc3)c2=O)c1. The van der Waals surface area contributed by atoms with Crippen molar-refractivity contribution in [2.45, 2.75) is 11.4 Å². The Morgan fingerprint density at radius 1 is 1.11 bits per heavy atom. The summed E-state index contributed by atoms with van der Waals surface area (Å²) < 4.78 is 32.9. The average molecular weight is 555 g/mol. The molecule has 0 aliphatic carbocycles. The summed E-state index contributed by atoms with van der Waals surface area (Å²) in [5.74, 6) is -1.51. The number of carbonyl (C=O) groups is 2. The molecule has 0 radical (unpaired) electrons. The van der Waals surface area contributed by atoms with E-state index in [-0.39, 0.29) is 32.1 Å². The number of nitrogens with zero attached hydrogens (tertiary/aromatic N) is 3. The van der Waals surface area contributed by atoms with Crippen LogP contribution < -0.4 is 16.6 Å². The zero-order chi connectivity index (χ0) is 27.4. The number of hydrogen-bond acceptors (Lipinski definition) is 8. The highest BCUT2D eigenvalue weighted by atomic mass is 35.5. The summed E-state index contributed by atoms with van der Waals surface area (Å²) in [6.45, 7) is 2.69. The van der Waals surface area contributed by atoms with Crippen molar-refractivity contribution in [1.29, 1.82) is 0 Å². The van der Waals surface area contributed by atoms with Gasteiger partial charge in [0.2, 0.25) is 5.91 Å². The summed E-state index contributed by atoms with van der Waals surface area (Å²) in [6.07, 6.45) is 4.23. The number of hydrogen-bond donors (Lipinski definition) is 1. The number of fused-ring (bicyclic) bond motifs is 1. The smallest absolute Gasteiger partial charge is 0.346 e. The molecule has 4 rings (SSSR count). The summed E-state index contributed by atoms with van der Waals surface area (Å²) in [5.41, 5.74) is -2.27. The number of ether oxygens (including phenoxy) is 1. The topological polar surface area (TPSA) is 146 Å². The van der Waals surface area contributed by atoms with Gasteiger partial charge in [-0.15, -0.1) is 3.97 Å².